The molecule has 0 radical (unpaired) electrons. The van der Waals surface area contributed by atoms with Gasteiger partial charge in [-0.05, 0) is 51.4 Å². The molecule has 1 atom stereocenters. The SMILES string of the molecule is CCC(CN)CCN1CCCC1. The minimum atomic E-state index is 0.755. The Morgan fingerprint density at radius 2 is 2.00 bits per heavy atom. The van der Waals surface area contributed by atoms with Gasteiger partial charge in [0.05, 0.1) is 0 Å². The zero-order valence-electron chi connectivity index (χ0n) is 8.26. The van der Waals surface area contributed by atoms with Crippen molar-refractivity contribution < 1.29 is 0 Å². The molecule has 1 aliphatic heterocycles. The molecule has 0 amide bonds. The normalized spacial score (nSPS) is 21.5. The molecule has 2 nitrogen and oxygen atoms in total. The van der Waals surface area contributed by atoms with Gasteiger partial charge in [0, 0.05) is 0 Å². The highest BCUT2D eigenvalue weighted by molar-refractivity contribution is 4.68. The molecule has 0 aromatic heterocycles. The maximum Gasteiger partial charge on any atom is -0.00156 e. The summed E-state index contributed by atoms with van der Waals surface area (Å²) < 4.78 is 0. The van der Waals surface area contributed by atoms with Crippen LogP contribution in [-0.4, -0.2) is 31.1 Å². The average Bonchev–Trinajstić information content (AvgIpc) is 2.59. The van der Waals surface area contributed by atoms with E-state index in [4.69, 9.17) is 5.73 Å². The van der Waals surface area contributed by atoms with E-state index in [0.29, 0.717) is 0 Å². The first-order valence-corrected chi connectivity index (χ1v) is 5.29. The van der Waals surface area contributed by atoms with Gasteiger partial charge in [-0.3, -0.25) is 0 Å². The largest absolute Gasteiger partial charge is 0.330 e. The Morgan fingerprint density at radius 1 is 1.33 bits per heavy atom. The molecule has 0 bridgehead atoms. The van der Waals surface area contributed by atoms with Crippen LogP contribution < -0.4 is 5.73 Å². The van der Waals surface area contributed by atoms with Gasteiger partial charge in [0.15, 0.2) is 0 Å². The molecule has 0 spiro atoms. The van der Waals surface area contributed by atoms with Crippen LogP contribution in [0.5, 0.6) is 0 Å². The highest BCUT2D eigenvalue weighted by Crippen LogP contribution is 2.12. The molecular formula is C10H22N2. The Balaban J connectivity index is 2.06. The van der Waals surface area contributed by atoms with Gasteiger partial charge in [-0.15, -0.1) is 0 Å². The van der Waals surface area contributed by atoms with E-state index in [1.54, 1.807) is 0 Å². The van der Waals surface area contributed by atoms with E-state index in [0.717, 1.165) is 12.5 Å². The lowest BCUT2D eigenvalue weighted by atomic mass is 10.0. The average molecular weight is 170 g/mol. The summed E-state index contributed by atoms with van der Waals surface area (Å²) in [5, 5.41) is 0. The molecule has 1 unspecified atom stereocenters. The molecule has 0 aromatic rings. The first-order valence-electron chi connectivity index (χ1n) is 5.29. The predicted octanol–water partition coefficient (Wildman–Crippen LogP) is 1.46. The molecule has 12 heavy (non-hydrogen) atoms. The molecule has 1 aliphatic rings. The summed E-state index contributed by atoms with van der Waals surface area (Å²) in [5.74, 6) is 0.755. The Hall–Kier alpha value is -0.0800. The van der Waals surface area contributed by atoms with Gasteiger partial charge in [-0.2, -0.15) is 0 Å². The van der Waals surface area contributed by atoms with Crippen LogP contribution in [0.2, 0.25) is 0 Å². The number of hydrogen-bond donors (Lipinski definition) is 1. The molecule has 2 heteroatoms. The summed E-state index contributed by atoms with van der Waals surface area (Å²) in [5.41, 5.74) is 5.65. The van der Waals surface area contributed by atoms with E-state index in [1.807, 2.05) is 0 Å². The minimum Gasteiger partial charge on any atom is -0.330 e. The molecule has 1 fully saturated rings. The monoisotopic (exact) mass is 170 g/mol. The highest BCUT2D eigenvalue weighted by Gasteiger charge is 2.12. The van der Waals surface area contributed by atoms with E-state index in [1.165, 1.54) is 45.3 Å². The van der Waals surface area contributed by atoms with Crippen molar-refractivity contribution in [2.45, 2.75) is 32.6 Å². The molecular weight excluding hydrogens is 148 g/mol. The van der Waals surface area contributed by atoms with E-state index in [9.17, 15) is 0 Å². The topological polar surface area (TPSA) is 29.3 Å². The lowest BCUT2D eigenvalue weighted by molar-refractivity contribution is 0.301. The third-order valence-electron chi connectivity index (χ3n) is 2.96. The molecule has 0 aromatic carbocycles. The lowest BCUT2D eigenvalue weighted by Crippen LogP contribution is -2.24. The number of rotatable bonds is 5. The smallest absolute Gasteiger partial charge is 0.00156 e. The van der Waals surface area contributed by atoms with Crippen molar-refractivity contribution in [2.24, 2.45) is 11.7 Å². The lowest BCUT2D eigenvalue weighted by Gasteiger charge is -2.18. The van der Waals surface area contributed by atoms with Crippen molar-refractivity contribution in [1.82, 2.24) is 4.90 Å². The predicted molar refractivity (Wildman–Crippen MR) is 53.1 cm³/mol. The third kappa shape index (κ3) is 3.11. The zero-order chi connectivity index (χ0) is 8.81. The van der Waals surface area contributed by atoms with E-state index in [-0.39, 0.29) is 0 Å². The zero-order valence-corrected chi connectivity index (χ0v) is 8.26. The van der Waals surface area contributed by atoms with Crippen LogP contribution >= 0.6 is 0 Å². The van der Waals surface area contributed by atoms with Crippen LogP contribution in [-0.2, 0) is 0 Å². The highest BCUT2D eigenvalue weighted by atomic mass is 15.1. The van der Waals surface area contributed by atoms with Crippen molar-refractivity contribution in [3.8, 4) is 0 Å². The van der Waals surface area contributed by atoms with Gasteiger partial charge in [0.25, 0.3) is 0 Å². The van der Waals surface area contributed by atoms with Gasteiger partial charge < -0.3 is 10.6 Å². The summed E-state index contributed by atoms with van der Waals surface area (Å²) in [6, 6.07) is 0. The van der Waals surface area contributed by atoms with Crippen LogP contribution in [0.4, 0.5) is 0 Å². The quantitative estimate of drug-likeness (QED) is 0.677. The number of likely N-dealkylation sites (tertiary alicyclic amines) is 1. The number of nitrogens with zero attached hydrogens (tertiary/aromatic N) is 1. The van der Waals surface area contributed by atoms with Gasteiger partial charge in [0.1, 0.15) is 0 Å². The van der Waals surface area contributed by atoms with E-state index < -0.39 is 0 Å². The second-order valence-electron chi connectivity index (χ2n) is 3.85. The van der Waals surface area contributed by atoms with Crippen molar-refractivity contribution in [2.75, 3.05) is 26.2 Å². The Morgan fingerprint density at radius 3 is 2.50 bits per heavy atom. The first kappa shape index (κ1) is 10.0. The summed E-state index contributed by atoms with van der Waals surface area (Å²) >= 11 is 0. The Kier molecular flexibility index (Phi) is 4.62. The molecule has 1 rings (SSSR count). The van der Waals surface area contributed by atoms with Crippen LogP contribution in [0.1, 0.15) is 32.6 Å². The molecule has 2 N–H and O–H groups in total. The third-order valence-corrected chi connectivity index (χ3v) is 2.96. The second kappa shape index (κ2) is 5.55. The van der Waals surface area contributed by atoms with Gasteiger partial charge in [-0.25, -0.2) is 0 Å². The number of nitrogens with two attached hydrogens (primary N) is 1. The molecule has 0 saturated carbocycles. The fraction of sp³-hybridized carbons (Fsp3) is 1.00. The molecule has 1 saturated heterocycles. The van der Waals surface area contributed by atoms with Gasteiger partial charge in [0.2, 0.25) is 0 Å². The van der Waals surface area contributed by atoms with Crippen LogP contribution in [0.25, 0.3) is 0 Å². The summed E-state index contributed by atoms with van der Waals surface area (Å²) in [6.07, 6.45) is 5.34. The van der Waals surface area contributed by atoms with Gasteiger partial charge in [-0.1, -0.05) is 13.3 Å². The first-order chi connectivity index (χ1) is 5.86. The second-order valence-corrected chi connectivity index (χ2v) is 3.85. The van der Waals surface area contributed by atoms with Gasteiger partial charge >= 0.3 is 0 Å². The van der Waals surface area contributed by atoms with Crippen LogP contribution in [0.15, 0.2) is 0 Å². The van der Waals surface area contributed by atoms with Crippen LogP contribution in [0, 0.1) is 5.92 Å². The summed E-state index contributed by atoms with van der Waals surface area (Å²) in [6.45, 7) is 7.02. The number of hydrogen-bond acceptors (Lipinski definition) is 2. The van der Waals surface area contributed by atoms with Crippen molar-refractivity contribution in [1.29, 1.82) is 0 Å². The Labute approximate surface area is 76.1 Å². The maximum absolute atomic E-state index is 5.65. The Bertz CT molecular complexity index is 102. The fourth-order valence-corrected chi connectivity index (χ4v) is 1.86. The van der Waals surface area contributed by atoms with Crippen LogP contribution in [0.3, 0.4) is 0 Å². The molecule has 1 heterocycles. The van der Waals surface area contributed by atoms with Crippen molar-refractivity contribution in [3.63, 3.8) is 0 Å². The maximum atomic E-state index is 5.65. The fourth-order valence-electron chi connectivity index (χ4n) is 1.86. The van der Waals surface area contributed by atoms with Crippen molar-refractivity contribution >= 4 is 0 Å². The summed E-state index contributed by atoms with van der Waals surface area (Å²) in [7, 11) is 0. The standard InChI is InChI=1S/C10H22N2/c1-2-10(9-11)5-8-12-6-3-4-7-12/h10H,2-9,11H2,1H3. The van der Waals surface area contributed by atoms with Crippen molar-refractivity contribution in [3.05, 3.63) is 0 Å². The molecule has 72 valence electrons. The summed E-state index contributed by atoms with van der Waals surface area (Å²) in [4.78, 5) is 2.57. The van der Waals surface area contributed by atoms with E-state index >= 15 is 0 Å². The van der Waals surface area contributed by atoms with E-state index in [2.05, 4.69) is 11.8 Å². The molecule has 0 aliphatic carbocycles. The minimum absolute atomic E-state index is 0.755.